The molecule has 2 heterocycles. The number of nitro groups is 1. The van der Waals surface area contributed by atoms with E-state index < -0.39 is 4.92 Å². The van der Waals surface area contributed by atoms with Crippen LogP contribution in [0.4, 0.5) is 11.4 Å². The number of amides is 1. The summed E-state index contributed by atoms with van der Waals surface area (Å²) in [6, 6.07) is 9.60. The van der Waals surface area contributed by atoms with Crippen molar-refractivity contribution in [2.75, 3.05) is 37.9 Å². The third kappa shape index (κ3) is 3.35. The fourth-order valence-corrected chi connectivity index (χ4v) is 3.52. The van der Waals surface area contributed by atoms with Crippen molar-refractivity contribution >= 4 is 28.9 Å². The number of carbonyl (C=O) groups is 1. The molecule has 2 aromatic rings. The fraction of sp³-hybridized carbons (Fsp3) is 0.278. The number of benzene rings is 2. The smallest absolute Gasteiger partial charge is 0.271 e. The minimum Gasteiger partial charge on any atom is -0.454 e. The normalized spacial score (nSPS) is 15.7. The van der Waals surface area contributed by atoms with E-state index in [9.17, 15) is 14.9 Å². The molecule has 1 fully saturated rings. The van der Waals surface area contributed by atoms with Crippen LogP contribution in [0.5, 0.6) is 11.5 Å². The van der Waals surface area contributed by atoms with Gasteiger partial charge in [0, 0.05) is 43.9 Å². The number of anilines is 1. The molecular weight excluding hydrogens is 374 g/mol. The lowest BCUT2D eigenvalue weighted by Crippen LogP contribution is -2.48. The van der Waals surface area contributed by atoms with E-state index in [1.807, 2.05) is 4.90 Å². The van der Waals surface area contributed by atoms with E-state index in [1.54, 1.807) is 29.2 Å². The van der Waals surface area contributed by atoms with Gasteiger partial charge in [-0.15, -0.1) is 0 Å². The molecule has 1 saturated heterocycles. The molecule has 2 aliphatic rings. The number of hydrogen-bond acceptors (Lipinski definition) is 6. The lowest BCUT2D eigenvalue weighted by molar-refractivity contribution is -0.384. The first kappa shape index (κ1) is 17.4. The molecule has 140 valence electrons. The van der Waals surface area contributed by atoms with Crippen molar-refractivity contribution in [1.82, 2.24) is 4.90 Å². The van der Waals surface area contributed by atoms with Gasteiger partial charge in [-0.2, -0.15) is 0 Å². The summed E-state index contributed by atoms with van der Waals surface area (Å²) in [4.78, 5) is 26.9. The first-order chi connectivity index (χ1) is 13.0. The second-order valence-corrected chi connectivity index (χ2v) is 6.65. The number of non-ortho nitro benzene ring substituents is 1. The summed E-state index contributed by atoms with van der Waals surface area (Å²) < 4.78 is 10.6. The van der Waals surface area contributed by atoms with Crippen LogP contribution in [0.2, 0.25) is 5.02 Å². The van der Waals surface area contributed by atoms with Crippen LogP contribution in [0, 0.1) is 10.1 Å². The average Bonchev–Trinajstić information content (AvgIpc) is 3.15. The van der Waals surface area contributed by atoms with E-state index in [4.69, 9.17) is 21.1 Å². The van der Waals surface area contributed by atoms with Gasteiger partial charge in [-0.1, -0.05) is 11.6 Å². The van der Waals surface area contributed by atoms with Crippen LogP contribution in [0.25, 0.3) is 0 Å². The number of piperazine rings is 1. The summed E-state index contributed by atoms with van der Waals surface area (Å²) in [5, 5.41) is 11.2. The quantitative estimate of drug-likeness (QED) is 0.592. The summed E-state index contributed by atoms with van der Waals surface area (Å²) in [6.07, 6.45) is 0. The van der Waals surface area contributed by atoms with Gasteiger partial charge in [-0.05, 0) is 24.3 Å². The van der Waals surface area contributed by atoms with E-state index in [0.717, 1.165) is 5.69 Å². The van der Waals surface area contributed by atoms with Crippen LogP contribution in [0.1, 0.15) is 10.4 Å². The van der Waals surface area contributed by atoms with Crippen molar-refractivity contribution < 1.29 is 19.2 Å². The highest BCUT2D eigenvalue weighted by molar-refractivity contribution is 6.33. The molecule has 0 atom stereocenters. The van der Waals surface area contributed by atoms with E-state index in [1.165, 1.54) is 12.1 Å². The largest absolute Gasteiger partial charge is 0.454 e. The molecule has 0 saturated carbocycles. The molecule has 9 heteroatoms. The summed E-state index contributed by atoms with van der Waals surface area (Å²) in [5.74, 6) is 1.16. The lowest BCUT2D eigenvalue weighted by Gasteiger charge is -2.36. The van der Waals surface area contributed by atoms with Crippen molar-refractivity contribution in [2.45, 2.75) is 0 Å². The molecule has 2 aromatic carbocycles. The maximum atomic E-state index is 12.7. The molecule has 8 nitrogen and oxygen atoms in total. The molecule has 2 aliphatic heterocycles. The molecule has 0 aliphatic carbocycles. The Labute approximate surface area is 160 Å². The van der Waals surface area contributed by atoms with Gasteiger partial charge in [0.05, 0.1) is 15.6 Å². The topological polar surface area (TPSA) is 85.2 Å². The lowest BCUT2D eigenvalue weighted by atomic mass is 10.1. The van der Waals surface area contributed by atoms with Gasteiger partial charge >= 0.3 is 0 Å². The zero-order chi connectivity index (χ0) is 19.0. The van der Waals surface area contributed by atoms with Gasteiger partial charge in [0.25, 0.3) is 11.6 Å². The average molecular weight is 390 g/mol. The molecule has 0 radical (unpaired) electrons. The number of ether oxygens (including phenoxy) is 2. The van der Waals surface area contributed by atoms with Crippen LogP contribution in [-0.2, 0) is 0 Å². The Morgan fingerprint density at radius 1 is 1.04 bits per heavy atom. The number of fused-ring (bicyclic) bond motifs is 1. The van der Waals surface area contributed by atoms with Gasteiger partial charge in [0.1, 0.15) is 0 Å². The second kappa shape index (κ2) is 6.96. The Balaban J connectivity index is 1.43. The minimum atomic E-state index is -0.475. The molecule has 0 bridgehead atoms. The third-order valence-electron chi connectivity index (χ3n) is 4.67. The van der Waals surface area contributed by atoms with Crippen molar-refractivity contribution in [2.24, 2.45) is 0 Å². The molecule has 0 aromatic heterocycles. The number of nitro benzene ring substituents is 1. The molecule has 0 unspecified atom stereocenters. The maximum absolute atomic E-state index is 12.7. The molecule has 4 rings (SSSR count). The van der Waals surface area contributed by atoms with Gasteiger partial charge in [-0.25, -0.2) is 0 Å². The number of halogens is 1. The Hall–Kier alpha value is -3.00. The second-order valence-electron chi connectivity index (χ2n) is 6.24. The SMILES string of the molecule is O=C(c1ccc2c(c1)OCO2)N1CCN(c2ccc([N+](=O)[O-])cc2Cl)CC1. The van der Waals surface area contributed by atoms with Gasteiger partial charge < -0.3 is 19.3 Å². The highest BCUT2D eigenvalue weighted by Gasteiger charge is 2.25. The first-order valence-corrected chi connectivity index (χ1v) is 8.78. The van der Waals surface area contributed by atoms with Crippen LogP contribution in [-0.4, -0.2) is 48.7 Å². The first-order valence-electron chi connectivity index (χ1n) is 8.41. The van der Waals surface area contributed by atoms with Crippen molar-refractivity contribution in [3.63, 3.8) is 0 Å². The van der Waals surface area contributed by atoms with Crippen molar-refractivity contribution in [3.8, 4) is 11.5 Å². The van der Waals surface area contributed by atoms with Crippen LogP contribution in [0.15, 0.2) is 36.4 Å². The zero-order valence-corrected chi connectivity index (χ0v) is 15.0. The summed E-state index contributed by atoms with van der Waals surface area (Å²) in [5.41, 5.74) is 1.25. The fourth-order valence-electron chi connectivity index (χ4n) is 3.23. The summed E-state index contributed by atoms with van der Waals surface area (Å²) in [6.45, 7) is 2.41. The van der Waals surface area contributed by atoms with Gasteiger partial charge in [-0.3, -0.25) is 14.9 Å². The molecule has 1 amide bonds. The monoisotopic (exact) mass is 389 g/mol. The zero-order valence-electron chi connectivity index (χ0n) is 14.3. The van der Waals surface area contributed by atoms with E-state index in [-0.39, 0.29) is 18.4 Å². The van der Waals surface area contributed by atoms with Gasteiger partial charge in [0.15, 0.2) is 11.5 Å². The Morgan fingerprint density at radius 2 is 1.78 bits per heavy atom. The molecular formula is C18H16ClN3O5. The van der Waals surface area contributed by atoms with Crippen LogP contribution in [0.3, 0.4) is 0 Å². The van der Waals surface area contributed by atoms with Gasteiger partial charge in [0.2, 0.25) is 6.79 Å². The predicted octanol–water partition coefficient (Wildman–Crippen LogP) is 2.94. The number of rotatable bonds is 3. The Kier molecular flexibility index (Phi) is 4.49. The number of hydrogen-bond donors (Lipinski definition) is 0. The molecule has 27 heavy (non-hydrogen) atoms. The summed E-state index contributed by atoms with van der Waals surface area (Å²) >= 11 is 6.20. The number of carbonyl (C=O) groups excluding carboxylic acids is 1. The number of nitrogens with zero attached hydrogens (tertiary/aromatic N) is 3. The highest BCUT2D eigenvalue weighted by atomic mass is 35.5. The van der Waals surface area contributed by atoms with E-state index >= 15 is 0 Å². The van der Waals surface area contributed by atoms with Crippen LogP contribution < -0.4 is 14.4 Å². The predicted molar refractivity (Wildman–Crippen MR) is 98.8 cm³/mol. The standard InChI is InChI=1S/C18H16ClN3O5/c19-14-10-13(22(24)25)2-3-15(14)20-5-7-21(8-6-20)18(23)12-1-4-16-17(9-12)27-11-26-16/h1-4,9-10H,5-8,11H2. The Bertz CT molecular complexity index is 912. The Morgan fingerprint density at radius 3 is 2.48 bits per heavy atom. The summed E-state index contributed by atoms with van der Waals surface area (Å²) in [7, 11) is 0. The third-order valence-corrected chi connectivity index (χ3v) is 4.97. The minimum absolute atomic E-state index is 0.0413. The molecule has 0 N–H and O–H groups in total. The molecule has 0 spiro atoms. The highest BCUT2D eigenvalue weighted by Crippen LogP contribution is 2.33. The van der Waals surface area contributed by atoms with E-state index in [2.05, 4.69) is 0 Å². The van der Waals surface area contributed by atoms with Crippen molar-refractivity contribution in [3.05, 3.63) is 57.1 Å². The van der Waals surface area contributed by atoms with Crippen molar-refractivity contribution in [1.29, 1.82) is 0 Å². The maximum Gasteiger partial charge on any atom is 0.271 e. The van der Waals surface area contributed by atoms with Crippen LogP contribution >= 0.6 is 11.6 Å². The van der Waals surface area contributed by atoms with E-state index in [0.29, 0.717) is 48.3 Å².